The molecular weight excluding hydrogens is 304 g/mol. The molecule has 0 N–H and O–H groups in total. The fraction of sp³-hybridized carbons (Fsp3) is 0.444. The summed E-state index contributed by atoms with van der Waals surface area (Å²) in [6.07, 6.45) is 6.02. The van der Waals surface area contributed by atoms with Crippen LogP contribution in [0.25, 0.3) is 0 Å². The molecule has 0 saturated carbocycles. The number of aromatic nitrogens is 3. The summed E-state index contributed by atoms with van der Waals surface area (Å²) in [5, 5.41) is 0. The monoisotopic (exact) mass is 326 g/mol. The van der Waals surface area contributed by atoms with E-state index >= 15 is 0 Å². The maximum Gasteiger partial charge on any atom is 0.347 e. The molecule has 1 amide bonds. The predicted octanol–water partition coefficient (Wildman–Crippen LogP) is 1.43. The largest absolute Gasteiger partial charge is 0.347 e. The number of pyridine rings is 1. The van der Waals surface area contributed by atoms with Crippen molar-refractivity contribution in [1.29, 1.82) is 0 Å². The summed E-state index contributed by atoms with van der Waals surface area (Å²) < 4.78 is 1.36. The van der Waals surface area contributed by atoms with Crippen molar-refractivity contribution in [1.82, 2.24) is 19.4 Å². The fourth-order valence-electron chi connectivity index (χ4n) is 3.22. The molecule has 6 nitrogen and oxygen atoms in total. The van der Waals surface area contributed by atoms with Crippen LogP contribution in [0.15, 0.2) is 41.5 Å². The third-order valence-corrected chi connectivity index (χ3v) is 4.40. The van der Waals surface area contributed by atoms with E-state index in [4.69, 9.17) is 0 Å². The van der Waals surface area contributed by atoms with E-state index in [9.17, 15) is 9.59 Å². The summed E-state index contributed by atoms with van der Waals surface area (Å²) in [5.41, 5.74) is 1.72. The number of nitrogens with zero attached hydrogens (tertiary/aromatic N) is 4. The SMILES string of the molecule is Cc1cccc(CC2CCCN(C(=O)Cn3cccnc3=O)C2)n1. The first-order valence-corrected chi connectivity index (χ1v) is 8.33. The Bertz CT molecular complexity index is 771. The molecule has 1 unspecified atom stereocenters. The highest BCUT2D eigenvalue weighted by atomic mass is 16.2. The van der Waals surface area contributed by atoms with Crippen LogP contribution in [0.4, 0.5) is 0 Å². The zero-order chi connectivity index (χ0) is 16.9. The van der Waals surface area contributed by atoms with Crippen LogP contribution in [0, 0.1) is 12.8 Å². The smallest absolute Gasteiger partial charge is 0.341 e. The normalized spacial score (nSPS) is 17.7. The molecule has 6 heteroatoms. The van der Waals surface area contributed by atoms with Gasteiger partial charge in [0, 0.05) is 36.9 Å². The highest BCUT2D eigenvalue weighted by Gasteiger charge is 2.24. The molecule has 0 aromatic carbocycles. The molecule has 0 bridgehead atoms. The maximum atomic E-state index is 12.5. The Hall–Kier alpha value is -2.50. The summed E-state index contributed by atoms with van der Waals surface area (Å²) in [6, 6.07) is 7.73. The van der Waals surface area contributed by atoms with Gasteiger partial charge in [0.05, 0.1) is 0 Å². The van der Waals surface area contributed by atoms with Crippen LogP contribution in [-0.2, 0) is 17.8 Å². The molecule has 24 heavy (non-hydrogen) atoms. The van der Waals surface area contributed by atoms with Crippen molar-refractivity contribution in [2.24, 2.45) is 5.92 Å². The molecule has 1 atom stereocenters. The summed E-state index contributed by atoms with van der Waals surface area (Å²) in [4.78, 5) is 34.3. The van der Waals surface area contributed by atoms with E-state index in [1.165, 1.54) is 10.8 Å². The van der Waals surface area contributed by atoms with Crippen molar-refractivity contribution >= 4 is 5.91 Å². The number of carbonyl (C=O) groups excluding carboxylic acids is 1. The van der Waals surface area contributed by atoms with E-state index in [0.717, 1.165) is 43.7 Å². The van der Waals surface area contributed by atoms with Gasteiger partial charge in [0.1, 0.15) is 6.54 Å². The molecule has 0 spiro atoms. The minimum atomic E-state index is -0.386. The molecule has 1 aliphatic rings. The van der Waals surface area contributed by atoms with Gasteiger partial charge in [0.2, 0.25) is 5.91 Å². The van der Waals surface area contributed by atoms with Crippen LogP contribution in [0.2, 0.25) is 0 Å². The molecular formula is C18H22N4O2. The lowest BCUT2D eigenvalue weighted by molar-refractivity contribution is -0.133. The molecule has 3 heterocycles. The minimum Gasteiger partial charge on any atom is -0.341 e. The van der Waals surface area contributed by atoms with Crippen LogP contribution in [-0.4, -0.2) is 38.4 Å². The van der Waals surface area contributed by atoms with Crippen LogP contribution in [0.1, 0.15) is 24.2 Å². The number of hydrogen-bond acceptors (Lipinski definition) is 4. The zero-order valence-electron chi connectivity index (χ0n) is 13.9. The Balaban J connectivity index is 1.61. The Morgan fingerprint density at radius 3 is 3.00 bits per heavy atom. The zero-order valence-corrected chi connectivity index (χ0v) is 13.9. The van der Waals surface area contributed by atoms with Crippen molar-refractivity contribution in [3.63, 3.8) is 0 Å². The Labute approximate surface area is 141 Å². The van der Waals surface area contributed by atoms with Gasteiger partial charge in [-0.2, -0.15) is 0 Å². The molecule has 126 valence electrons. The average molecular weight is 326 g/mol. The quantitative estimate of drug-likeness (QED) is 0.852. The Morgan fingerprint density at radius 1 is 1.33 bits per heavy atom. The van der Waals surface area contributed by atoms with Gasteiger partial charge in [-0.3, -0.25) is 14.3 Å². The lowest BCUT2D eigenvalue weighted by Gasteiger charge is -2.33. The highest BCUT2D eigenvalue weighted by molar-refractivity contribution is 5.76. The van der Waals surface area contributed by atoms with Gasteiger partial charge in [-0.15, -0.1) is 0 Å². The second-order valence-electron chi connectivity index (χ2n) is 6.35. The number of amides is 1. The van der Waals surface area contributed by atoms with Crippen molar-refractivity contribution in [2.45, 2.75) is 32.7 Å². The van der Waals surface area contributed by atoms with Crippen LogP contribution in [0.3, 0.4) is 0 Å². The van der Waals surface area contributed by atoms with Crippen molar-refractivity contribution < 1.29 is 4.79 Å². The first-order chi connectivity index (χ1) is 11.6. The number of likely N-dealkylation sites (tertiary alicyclic amines) is 1. The van der Waals surface area contributed by atoms with Gasteiger partial charge in [-0.25, -0.2) is 9.78 Å². The van der Waals surface area contributed by atoms with E-state index in [0.29, 0.717) is 5.92 Å². The van der Waals surface area contributed by atoms with Gasteiger partial charge in [0.25, 0.3) is 0 Å². The van der Waals surface area contributed by atoms with E-state index in [1.54, 1.807) is 12.3 Å². The van der Waals surface area contributed by atoms with Crippen molar-refractivity contribution in [3.05, 3.63) is 58.5 Å². The molecule has 1 fully saturated rings. The number of hydrogen-bond donors (Lipinski definition) is 0. The third kappa shape index (κ3) is 4.07. The van der Waals surface area contributed by atoms with Crippen LogP contribution in [0.5, 0.6) is 0 Å². The second kappa shape index (κ2) is 7.38. The molecule has 3 rings (SSSR count). The molecule has 0 aliphatic carbocycles. The first kappa shape index (κ1) is 16.4. The summed E-state index contributed by atoms with van der Waals surface area (Å²) >= 11 is 0. The van der Waals surface area contributed by atoms with Gasteiger partial charge in [-0.1, -0.05) is 6.07 Å². The highest BCUT2D eigenvalue weighted by Crippen LogP contribution is 2.20. The fourth-order valence-corrected chi connectivity index (χ4v) is 3.22. The Kier molecular flexibility index (Phi) is 5.03. The third-order valence-electron chi connectivity index (χ3n) is 4.40. The van der Waals surface area contributed by atoms with E-state index in [2.05, 4.69) is 9.97 Å². The van der Waals surface area contributed by atoms with Crippen LogP contribution >= 0.6 is 0 Å². The summed E-state index contributed by atoms with van der Waals surface area (Å²) in [6.45, 7) is 3.53. The Morgan fingerprint density at radius 2 is 2.21 bits per heavy atom. The second-order valence-corrected chi connectivity index (χ2v) is 6.35. The topological polar surface area (TPSA) is 68.1 Å². The van der Waals surface area contributed by atoms with E-state index in [-0.39, 0.29) is 18.1 Å². The predicted molar refractivity (Wildman–Crippen MR) is 90.5 cm³/mol. The average Bonchev–Trinajstić information content (AvgIpc) is 2.57. The van der Waals surface area contributed by atoms with Gasteiger partial charge >= 0.3 is 5.69 Å². The van der Waals surface area contributed by atoms with E-state index < -0.39 is 0 Å². The van der Waals surface area contributed by atoms with Crippen molar-refractivity contribution in [3.8, 4) is 0 Å². The number of carbonyl (C=O) groups is 1. The first-order valence-electron chi connectivity index (χ1n) is 8.33. The standard InChI is InChI=1S/C18H22N4O2/c1-14-5-2-7-16(20-14)11-15-6-3-9-21(12-15)17(23)13-22-10-4-8-19-18(22)24/h2,4-5,7-8,10,15H,3,6,9,11-13H2,1H3. The number of piperidine rings is 1. The number of aryl methyl sites for hydroxylation is 1. The number of rotatable bonds is 4. The lowest BCUT2D eigenvalue weighted by Crippen LogP contribution is -2.43. The van der Waals surface area contributed by atoms with Crippen LogP contribution < -0.4 is 5.69 Å². The van der Waals surface area contributed by atoms with Gasteiger partial charge < -0.3 is 4.90 Å². The molecule has 1 aliphatic heterocycles. The minimum absolute atomic E-state index is 0.0213. The van der Waals surface area contributed by atoms with E-state index in [1.807, 2.05) is 30.0 Å². The van der Waals surface area contributed by atoms with Gasteiger partial charge in [0.15, 0.2) is 0 Å². The summed E-state index contributed by atoms with van der Waals surface area (Å²) in [5.74, 6) is 0.398. The molecule has 2 aromatic heterocycles. The van der Waals surface area contributed by atoms with Crippen molar-refractivity contribution in [2.75, 3.05) is 13.1 Å². The van der Waals surface area contributed by atoms with Gasteiger partial charge in [-0.05, 0) is 50.3 Å². The molecule has 1 saturated heterocycles. The molecule has 2 aromatic rings. The molecule has 0 radical (unpaired) electrons. The summed E-state index contributed by atoms with van der Waals surface area (Å²) in [7, 11) is 0. The lowest BCUT2D eigenvalue weighted by atomic mass is 9.93. The maximum absolute atomic E-state index is 12.5.